The Balaban J connectivity index is 2.73. The number of ketones is 1. The van der Waals surface area contributed by atoms with E-state index in [0.29, 0.717) is 11.3 Å². The molecule has 0 N–H and O–H groups in total. The smallest absolute Gasteiger partial charge is 0.343 e. The van der Waals surface area contributed by atoms with Gasteiger partial charge in [0.1, 0.15) is 5.75 Å². The fourth-order valence-electron chi connectivity index (χ4n) is 0.970. The summed E-state index contributed by atoms with van der Waals surface area (Å²) in [5, 5.41) is 0. The molecular weight excluding hydrogens is 208 g/mol. The summed E-state index contributed by atoms with van der Waals surface area (Å²) in [5.41, 5.74) is 0.336. The molecule has 0 saturated heterocycles. The highest BCUT2D eigenvalue weighted by Gasteiger charge is 2.11. The fourth-order valence-corrected chi connectivity index (χ4v) is 0.970. The Hall–Kier alpha value is -2.10. The Morgan fingerprint density at radius 1 is 1.19 bits per heavy atom. The molecule has 16 heavy (non-hydrogen) atoms. The molecule has 1 aromatic rings. The monoisotopic (exact) mass is 220 g/mol. The third-order valence-corrected chi connectivity index (χ3v) is 1.93. The largest absolute Gasteiger partial charge is 0.497 e. The first-order valence-corrected chi connectivity index (χ1v) is 4.60. The lowest BCUT2D eigenvalue weighted by molar-refractivity contribution is -0.116. The van der Waals surface area contributed by atoms with Crippen molar-refractivity contribution in [2.24, 2.45) is 0 Å². The van der Waals surface area contributed by atoms with Crippen molar-refractivity contribution in [2.45, 2.75) is 6.92 Å². The van der Waals surface area contributed by atoms with E-state index in [1.165, 1.54) is 14.0 Å². The quantitative estimate of drug-likeness (QED) is 0.442. The van der Waals surface area contributed by atoms with Crippen LogP contribution in [0.1, 0.15) is 17.3 Å². The first-order chi connectivity index (χ1) is 7.54. The molecule has 0 unspecified atom stereocenters. The van der Waals surface area contributed by atoms with Crippen molar-refractivity contribution in [3.8, 4) is 5.75 Å². The SMILES string of the molecule is C=C(OC(=O)c1ccc(OC)cc1)C(C)=O. The highest BCUT2D eigenvalue weighted by Crippen LogP contribution is 2.13. The van der Waals surface area contributed by atoms with Gasteiger partial charge in [0.2, 0.25) is 0 Å². The van der Waals surface area contributed by atoms with Gasteiger partial charge >= 0.3 is 5.97 Å². The number of hydrogen-bond acceptors (Lipinski definition) is 4. The predicted octanol–water partition coefficient (Wildman–Crippen LogP) is 1.95. The molecule has 1 rings (SSSR count). The first kappa shape index (κ1) is 12.0. The van der Waals surface area contributed by atoms with Gasteiger partial charge in [0, 0.05) is 6.92 Å². The van der Waals surface area contributed by atoms with E-state index in [9.17, 15) is 9.59 Å². The molecule has 0 aliphatic heterocycles. The summed E-state index contributed by atoms with van der Waals surface area (Å²) >= 11 is 0. The van der Waals surface area contributed by atoms with Crippen LogP contribution < -0.4 is 4.74 Å². The van der Waals surface area contributed by atoms with Crippen molar-refractivity contribution >= 4 is 11.8 Å². The van der Waals surface area contributed by atoms with Crippen LogP contribution in [0.15, 0.2) is 36.6 Å². The van der Waals surface area contributed by atoms with Crippen LogP contribution >= 0.6 is 0 Å². The van der Waals surface area contributed by atoms with Crippen LogP contribution in [0.3, 0.4) is 0 Å². The molecular formula is C12H12O4. The Morgan fingerprint density at radius 2 is 1.75 bits per heavy atom. The summed E-state index contributed by atoms with van der Waals surface area (Å²) in [5.74, 6) is -0.507. The van der Waals surface area contributed by atoms with E-state index < -0.39 is 5.97 Å². The van der Waals surface area contributed by atoms with E-state index in [0.717, 1.165) is 0 Å². The molecule has 0 amide bonds. The zero-order valence-electron chi connectivity index (χ0n) is 9.15. The molecule has 1 aromatic carbocycles. The summed E-state index contributed by atoms with van der Waals surface area (Å²) in [6.45, 7) is 4.62. The number of rotatable bonds is 4. The van der Waals surface area contributed by atoms with Gasteiger partial charge in [-0.2, -0.15) is 0 Å². The van der Waals surface area contributed by atoms with Crippen molar-refractivity contribution < 1.29 is 19.1 Å². The number of hydrogen-bond donors (Lipinski definition) is 0. The summed E-state index contributed by atoms with van der Waals surface area (Å²) in [7, 11) is 1.53. The maximum absolute atomic E-state index is 11.5. The van der Waals surface area contributed by atoms with Gasteiger partial charge in [0.05, 0.1) is 12.7 Å². The lowest BCUT2D eigenvalue weighted by Gasteiger charge is -2.04. The Morgan fingerprint density at radius 3 is 2.19 bits per heavy atom. The molecule has 0 radical (unpaired) electrons. The molecule has 4 heteroatoms. The fraction of sp³-hybridized carbons (Fsp3) is 0.167. The molecule has 0 fully saturated rings. The predicted molar refractivity (Wildman–Crippen MR) is 58.2 cm³/mol. The van der Waals surface area contributed by atoms with Crippen molar-refractivity contribution in [3.05, 3.63) is 42.2 Å². The van der Waals surface area contributed by atoms with Crippen LogP contribution in [-0.4, -0.2) is 18.9 Å². The number of benzene rings is 1. The van der Waals surface area contributed by atoms with Gasteiger partial charge in [-0.05, 0) is 24.3 Å². The van der Waals surface area contributed by atoms with E-state index >= 15 is 0 Å². The number of methoxy groups -OCH3 is 1. The number of allylic oxidation sites excluding steroid dienone is 1. The summed E-state index contributed by atoms with van der Waals surface area (Å²) in [6, 6.07) is 6.36. The van der Waals surface area contributed by atoms with Crippen LogP contribution in [0.5, 0.6) is 5.75 Å². The van der Waals surface area contributed by atoms with E-state index in [1.54, 1.807) is 24.3 Å². The van der Waals surface area contributed by atoms with Gasteiger partial charge < -0.3 is 9.47 Å². The van der Waals surface area contributed by atoms with Gasteiger partial charge in [0.15, 0.2) is 11.5 Å². The minimum Gasteiger partial charge on any atom is -0.497 e. The van der Waals surface area contributed by atoms with E-state index in [2.05, 4.69) is 6.58 Å². The number of carbonyl (C=O) groups excluding carboxylic acids is 2. The maximum Gasteiger partial charge on any atom is 0.343 e. The number of ether oxygens (including phenoxy) is 2. The van der Waals surface area contributed by atoms with E-state index in [4.69, 9.17) is 9.47 Å². The molecule has 4 nitrogen and oxygen atoms in total. The van der Waals surface area contributed by atoms with Gasteiger partial charge in [-0.1, -0.05) is 6.58 Å². The minimum atomic E-state index is -0.608. The van der Waals surface area contributed by atoms with Gasteiger partial charge in [-0.3, -0.25) is 4.79 Å². The molecule has 0 heterocycles. The summed E-state index contributed by atoms with van der Waals surface area (Å²) < 4.78 is 9.69. The molecule has 84 valence electrons. The Bertz CT molecular complexity index is 417. The molecule has 0 aliphatic rings. The van der Waals surface area contributed by atoms with Crippen LogP contribution in [0.25, 0.3) is 0 Å². The second-order valence-corrected chi connectivity index (χ2v) is 3.10. The number of Topliss-reactive ketones (excluding diaryl/α,β-unsaturated/α-hetero) is 1. The van der Waals surface area contributed by atoms with Crippen LogP contribution in [0.4, 0.5) is 0 Å². The summed E-state index contributed by atoms with van der Waals surface area (Å²) in [6.07, 6.45) is 0. The number of esters is 1. The van der Waals surface area contributed by atoms with Crippen molar-refractivity contribution in [3.63, 3.8) is 0 Å². The van der Waals surface area contributed by atoms with Gasteiger partial charge in [0.25, 0.3) is 0 Å². The normalized spacial score (nSPS) is 9.38. The Kier molecular flexibility index (Phi) is 3.83. The van der Waals surface area contributed by atoms with Gasteiger partial charge in [-0.15, -0.1) is 0 Å². The molecule has 0 bridgehead atoms. The standard InChI is InChI=1S/C12H12O4/c1-8(13)9(2)16-12(14)10-4-6-11(15-3)7-5-10/h4-7H,2H2,1,3H3. The third-order valence-electron chi connectivity index (χ3n) is 1.93. The first-order valence-electron chi connectivity index (χ1n) is 4.60. The number of carbonyl (C=O) groups is 2. The zero-order chi connectivity index (χ0) is 12.1. The van der Waals surface area contributed by atoms with Crippen LogP contribution in [0, 0.1) is 0 Å². The second-order valence-electron chi connectivity index (χ2n) is 3.10. The van der Waals surface area contributed by atoms with E-state index in [-0.39, 0.29) is 11.5 Å². The highest BCUT2D eigenvalue weighted by molar-refractivity contribution is 5.97. The van der Waals surface area contributed by atoms with Crippen LogP contribution in [0.2, 0.25) is 0 Å². The molecule has 0 aliphatic carbocycles. The average Bonchev–Trinajstić information content (AvgIpc) is 2.28. The van der Waals surface area contributed by atoms with Crippen molar-refractivity contribution in [1.29, 1.82) is 0 Å². The molecule has 0 atom stereocenters. The lowest BCUT2D eigenvalue weighted by Crippen LogP contribution is -2.08. The zero-order valence-corrected chi connectivity index (χ0v) is 9.15. The molecule has 0 aromatic heterocycles. The summed E-state index contributed by atoms with van der Waals surface area (Å²) in [4.78, 5) is 22.3. The maximum atomic E-state index is 11.5. The van der Waals surface area contributed by atoms with Crippen molar-refractivity contribution in [2.75, 3.05) is 7.11 Å². The lowest BCUT2D eigenvalue weighted by atomic mass is 10.2. The molecule has 0 spiro atoms. The van der Waals surface area contributed by atoms with Crippen molar-refractivity contribution in [1.82, 2.24) is 0 Å². The average molecular weight is 220 g/mol. The third kappa shape index (κ3) is 2.95. The van der Waals surface area contributed by atoms with Gasteiger partial charge in [-0.25, -0.2) is 4.79 Å². The minimum absolute atomic E-state index is 0.166. The van der Waals surface area contributed by atoms with E-state index in [1.807, 2.05) is 0 Å². The topological polar surface area (TPSA) is 52.6 Å². The Labute approximate surface area is 93.5 Å². The highest BCUT2D eigenvalue weighted by atomic mass is 16.5. The second kappa shape index (κ2) is 5.11. The molecule has 0 saturated carbocycles. The van der Waals surface area contributed by atoms with Crippen LogP contribution in [-0.2, 0) is 9.53 Å².